The predicted octanol–water partition coefficient (Wildman–Crippen LogP) is 2.90. The van der Waals surface area contributed by atoms with Crippen molar-refractivity contribution in [3.8, 4) is 5.75 Å². The van der Waals surface area contributed by atoms with E-state index < -0.39 is 16.1 Å². The lowest BCUT2D eigenvalue weighted by Gasteiger charge is -2.41. The van der Waals surface area contributed by atoms with Gasteiger partial charge in [0, 0.05) is 32.7 Å². The van der Waals surface area contributed by atoms with Gasteiger partial charge in [-0.3, -0.25) is 4.79 Å². The number of aryl methyl sites for hydroxylation is 1. The first-order valence-corrected chi connectivity index (χ1v) is 12.6. The van der Waals surface area contributed by atoms with Gasteiger partial charge in [0.1, 0.15) is 11.8 Å². The minimum absolute atomic E-state index is 0.0833. The summed E-state index contributed by atoms with van der Waals surface area (Å²) in [7, 11) is -2.06. The van der Waals surface area contributed by atoms with Crippen molar-refractivity contribution in [3.63, 3.8) is 0 Å². The molecule has 2 saturated heterocycles. The number of methoxy groups -OCH3 is 1. The number of carbonyl (C=O) groups excluding carboxylic acids is 1. The number of hydrogen-bond donors (Lipinski definition) is 0. The summed E-state index contributed by atoms with van der Waals surface area (Å²) in [6.07, 6.45) is 2.20. The van der Waals surface area contributed by atoms with Gasteiger partial charge in [-0.15, -0.1) is 0 Å². The van der Waals surface area contributed by atoms with Crippen LogP contribution < -0.4 is 9.64 Å². The molecule has 32 heavy (non-hydrogen) atoms. The third-order valence-corrected chi connectivity index (χ3v) is 8.31. The summed E-state index contributed by atoms with van der Waals surface area (Å²) in [4.78, 5) is 17.7. The van der Waals surface area contributed by atoms with Gasteiger partial charge in [0.25, 0.3) is 0 Å². The van der Waals surface area contributed by atoms with Crippen LogP contribution in [-0.4, -0.2) is 69.4 Å². The highest BCUT2D eigenvalue weighted by Crippen LogP contribution is 2.30. The van der Waals surface area contributed by atoms with Crippen LogP contribution in [0.25, 0.3) is 0 Å². The van der Waals surface area contributed by atoms with Crippen LogP contribution in [0.15, 0.2) is 53.4 Å². The first-order valence-electron chi connectivity index (χ1n) is 11.2. The molecule has 0 spiro atoms. The van der Waals surface area contributed by atoms with Crippen LogP contribution in [0.2, 0.25) is 0 Å². The second kappa shape index (κ2) is 9.50. The van der Waals surface area contributed by atoms with Crippen molar-refractivity contribution in [3.05, 3.63) is 54.1 Å². The minimum atomic E-state index is -3.72. The molecule has 1 atom stereocenters. The molecule has 0 bridgehead atoms. The van der Waals surface area contributed by atoms with Crippen molar-refractivity contribution in [2.24, 2.45) is 0 Å². The second-order valence-corrected chi connectivity index (χ2v) is 10.3. The van der Waals surface area contributed by atoms with Gasteiger partial charge in [0.2, 0.25) is 15.9 Å². The third kappa shape index (κ3) is 4.47. The zero-order chi connectivity index (χ0) is 22.7. The summed E-state index contributed by atoms with van der Waals surface area (Å²) in [5, 5.41) is 0. The number of benzene rings is 2. The molecule has 0 aromatic heterocycles. The fraction of sp³-hybridized carbons (Fsp3) is 0.458. The van der Waals surface area contributed by atoms with Gasteiger partial charge in [-0.25, -0.2) is 8.42 Å². The largest absolute Gasteiger partial charge is 0.495 e. The molecule has 172 valence electrons. The molecule has 1 amide bonds. The molecule has 7 nitrogen and oxygen atoms in total. The number of nitrogens with zero attached hydrogens (tertiary/aromatic N) is 3. The Morgan fingerprint density at radius 1 is 0.938 bits per heavy atom. The van der Waals surface area contributed by atoms with E-state index in [9.17, 15) is 13.2 Å². The third-order valence-electron chi connectivity index (χ3n) is 6.38. The van der Waals surface area contributed by atoms with Gasteiger partial charge in [-0.1, -0.05) is 36.2 Å². The molecule has 2 heterocycles. The van der Waals surface area contributed by atoms with Crippen molar-refractivity contribution in [2.45, 2.75) is 37.1 Å². The average Bonchev–Trinajstić information content (AvgIpc) is 2.84. The van der Waals surface area contributed by atoms with Gasteiger partial charge in [0.05, 0.1) is 17.7 Å². The highest BCUT2D eigenvalue weighted by atomic mass is 32.2. The van der Waals surface area contributed by atoms with Crippen LogP contribution >= 0.6 is 0 Å². The number of piperidine rings is 1. The normalized spacial score (nSPS) is 20.2. The monoisotopic (exact) mass is 457 g/mol. The van der Waals surface area contributed by atoms with E-state index in [1.807, 2.05) is 36.1 Å². The summed E-state index contributed by atoms with van der Waals surface area (Å²) < 4.78 is 33.6. The smallest absolute Gasteiger partial charge is 0.243 e. The molecule has 0 N–H and O–H groups in total. The van der Waals surface area contributed by atoms with Gasteiger partial charge < -0.3 is 14.5 Å². The zero-order valence-electron chi connectivity index (χ0n) is 18.7. The van der Waals surface area contributed by atoms with Crippen molar-refractivity contribution in [2.75, 3.05) is 44.7 Å². The molecule has 0 saturated carbocycles. The molecular weight excluding hydrogens is 426 g/mol. The molecule has 8 heteroatoms. The quantitative estimate of drug-likeness (QED) is 0.691. The molecule has 2 aliphatic rings. The van der Waals surface area contributed by atoms with Crippen LogP contribution in [0.3, 0.4) is 0 Å². The number of carbonyl (C=O) groups is 1. The molecule has 2 aromatic carbocycles. The number of ether oxygens (including phenoxy) is 1. The number of anilines is 1. The molecule has 0 unspecified atom stereocenters. The summed E-state index contributed by atoms with van der Waals surface area (Å²) in [5.74, 6) is 0.731. The molecule has 2 aromatic rings. The number of amides is 1. The maximum atomic E-state index is 13.4. The van der Waals surface area contributed by atoms with Crippen molar-refractivity contribution in [1.29, 1.82) is 0 Å². The first kappa shape index (κ1) is 22.6. The van der Waals surface area contributed by atoms with E-state index in [4.69, 9.17) is 4.74 Å². The van der Waals surface area contributed by atoms with E-state index in [1.54, 1.807) is 31.4 Å². The Morgan fingerprint density at radius 3 is 2.31 bits per heavy atom. The van der Waals surface area contributed by atoms with E-state index in [-0.39, 0.29) is 10.8 Å². The minimum Gasteiger partial charge on any atom is -0.495 e. The maximum absolute atomic E-state index is 13.4. The Labute approximate surface area is 190 Å². The Bertz CT molecular complexity index is 1050. The van der Waals surface area contributed by atoms with Crippen LogP contribution in [0, 0.1) is 6.92 Å². The van der Waals surface area contributed by atoms with Gasteiger partial charge in [-0.05, 0) is 44.0 Å². The van der Waals surface area contributed by atoms with Crippen molar-refractivity contribution >= 4 is 21.6 Å². The van der Waals surface area contributed by atoms with Crippen LogP contribution in [0.4, 0.5) is 5.69 Å². The molecule has 4 rings (SSSR count). The lowest BCUT2D eigenvalue weighted by Crippen LogP contribution is -2.57. The average molecular weight is 458 g/mol. The van der Waals surface area contributed by atoms with Gasteiger partial charge in [-0.2, -0.15) is 4.31 Å². The number of para-hydroxylation sites is 2. The SMILES string of the molecule is COc1ccccc1N1CCN(C(=O)[C@@H]2CCCCN2S(=O)(=O)c2ccc(C)cc2)CC1. The number of hydrogen-bond acceptors (Lipinski definition) is 5. The molecule has 2 fully saturated rings. The topological polar surface area (TPSA) is 70.2 Å². The highest BCUT2D eigenvalue weighted by Gasteiger charge is 2.40. The lowest BCUT2D eigenvalue weighted by molar-refractivity contribution is -0.136. The summed E-state index contributed by atoms with van der Waals surface area (Å²) in [6, 6.07) is 14.1. The van der Waals surface area contributed by atoms with E-state index in [0.29, 0.717) is 39.1 Å². The molecule has 2 aliphatic heterocycles. The number of sulfonamides is 1. The van der Waals surface area contributed by atoms with Gasteiger partial charge >= 0.3 is 0 Å². The Kier molecular flexibility index (Phi) is 6.71. The summed E-state index contributed by atoms with van der Waals surface area (Å²) >= 11 is 0. The number of rotatable bonds is 5. The highest BCUT2D eigenvalue weighted by molar-refractivity contribution is 7.89. The standard InChI is InChI=1S/C24H31N3O4S/c1-19-10-12-20(13-11-19)32(29,30)27-14-6-5-8-22(27)24(28)26-17-15-25(16-18-26)21-7-3-4-9-23(21)31-2/h3-4,7,9-13,22H,5-6,8,14-18H2,1-2H3/t22-/m0/s1. The number of piperazine rings is 1. The summed E-state index contributed by atoms with van der Waals surface area (Å²) in [6.45, 7) is 4.80. The Balaban J connectivity index is 1.48. The van der Waals surface area contributed by atoms with Crippen molar-refractivity contribution in [1.82, 2.24) is 9.21 Å². The van der Waals surface area contributed by atoms with Gasteiger partial charge in [0.15, 0.2) is 0 Å². The van der Waals surface area contributed by atoms with Crippen LogP contribution in [-0.2, 0) is 14.8 Å². The second-order valence-electron chi connectivity index (χ2n) is 8.42. The van der Waals surface area contributed by atoms with Crippen LogP contribution in [0.1, 0.15) is 24.8 Å². The van der Waals surface area contributed by atoms with E-state index in [2.05, 4.69) is 4.90 Å². The Hall–Kier alpha value is -2.58. The Morgan fingerprint density at radius 2 is 1.62 bits per heavy atom. The lowest BCUT2D eigenvalue weighted by atomic mass is 10.0. The van der Waals surface area contributed by atoms with E-state index in [0.717, 1.165) is 29.8 Å². The fourth-order valence-electron chi connectivity index (χ4n) is 4.55. The molecular formula is C24H31N3O4S. The van der Waals surface area contributed by atoms with Crippen molar-refractivity contribution < 1.29 is 17.9 Å². The maximum Gasteiger partial charge on any atom is 0.243 e. The fourth-order valence-corrected chi connectivity index (χ4v) is 6.21. The molecule has 0 aliphatic carbocycles. The predicted molar refractivity (Wildman–Crippen MR) is 124 cm³/mol. The summed E-state index contributed by atoms with van der Waals surface area (Å²) in [5.41, 5.74) is 2.02. The molecule has 0 radical (unpaired) electrons. The first-order chi connectivity index (χ1) is 15.4. The van der Waals surface area contributed by atoms with E-state index >= 15 is 0 Å². The van der Waals surface area contributed by atoms with Crippen LogP contribution in [0.5, 0.6) is 5.75 Å². The zero-order valence-corrected chi connectivity index (χ0v) is 19.6. The van der Waals surface area contributed by atoms with E-state index in [1.165, 1.54) is 4.31 Å².